The van der Waals surface area contributed by atoms with E-state index in [0.717, 1.165) is 11.3 Å². The minimum atomic E-state index is -2.17. The molecule has 24 N–H and O–H groups in total. The molecular formula is C49H58Cl2N22O7. The van der Waals surface area contributed by atoms with Crippen LogP contribution in [0.15, 0.2) is 135 Å². The van der Waals surface area contributed by atoms with Crippen LogP contribution in [0, 0.1) is 0 Å². The topological polar surface area (TPSA) is 499 Å². The molecule has 6 atom stereocenters. The van der Waals surface area contributed by atoms with Gasteiger partial charge in [-0.25, -0.2) is 29.9 Å². The minimum Gasteiger partial charge on any atom is -0.378 e. The lowest BCUT2D eigenvalue weighted by molar-refractivity contribution is -0.136. The number of aromatic nitrogens is 2. The molecule has 0 bridgehead atoms. The summed E-state index contributed by atoms with van der Waals surface area (Å²) in [5.74, 6) is -10.8. The number of halogens is 2. The van der Waals surface area contributed by atoms with E-state index in [-0.39, 0.29) is 18.1 Å². The van der Waals surface area contributed by atoms with E-state index < -0.39 is 96.2 Å². The van der Waals surface area contributed by atoms with Crippen LogP contribution < -0.4 is 88.0 Å². The number of nitrogens with two attached hydrogens (primary N) is 9. The number of guanidine groups is 4. The molecule has 0 saturated heterocycles. The van der Waals surface area contributed by atoms with Gasteiger partial charge in [0.1, 0.15) is 6.04 Å². The van der Waals surface area contributed by atoms with Gasteiger partial charge in [-0.1, -0.05) is 102 Å². The fourth-order valence-corrected chi connectivity index (χ4v) is 7.22. The van der Waals surface area contributed by atoms with Gasteiger partial charge >= 0.3 is 0 Å². The number of aliphatic imine (C=N–C) groups is 4. The van der Waals surface area contributed by atoms with Crippen LogP contribution >= 0.6 is 23.2 Å². The van der Waals surface area contributed by atoms with Crippen LogP contribution in [0.25, 0.3) is 28.6 Å². The summed E-state index contributed by atoms with van der Waals surface area (Å²) >= 11 is 12.5. The first kappa shape index (κ1) is 60.6. The van der Waals surface area contributed by atoms with Gasteiger partial charge < -0.3 is 93.1 Å². The van der Waals surface area contributed by atoms with Crippen LogP contribution in [0.5, 0.6) is 0 Å². The maximum atomic E-state index is 14.6. The average molecular weight is 1140 g/mol. The molecule has 5 aromatic rings. The number of primary amides is 1. The second-order valence-corrected chi connectivity index (χ2v) is 17.9. The van der Waals surface area contributed by atoms with Crippen LogP contribution in [-0.4, -0.2) is 126 Å². The molecule has 31 heteroatoms. The predicted molar refractivity (Wildman–Crippen MR) is 304 cm³/mol. The molecule has 0 aliphatic carbocycles. The molecule has 29 nitrogen and oxygen atoms in total. The number of benzene rings is 4. The van der Waals surface area contributed by atoms with E-state index in [1.807, 2.05) is 48.6 Å². The molecule has 1 heterocycles. The Labute approximate surface area is 466 Å². The number of aliphatic hydroxyl groups excluding tert-OH is 1. The number of anilines is 2. The van der Waals surface area contributed by atoms with Gasteiger partial charge in [-0.15, -0.1) is 0 Å². The Bertz CT molecular complexity index is 3100. The van der Waals surface area contributed by atoms with Crippen molar-refractivity contribution in [2.24, 2.45) is 71.6 Å². The molecule has 420 valence electrons. The zero-order valence-corrected chi connectivity index (χ0v) is 44.2. The summed E-state index contributed by atoms with van der Waals surface area (Å²) in [7, 11) is 3.80. The zero-order chi connectivity index (χ0) is 58.8. The largest absolute Gasteiger partial charge is 0.378 e. The molecule has 0 spiro atoms. The number of nitrogens with one attached hydrogen (secondary N) is 5. The Morgan fingerprint density at radius 2 is 0.963 bits per heavy atom. The molecule has 0 fully saturated rings. The maximum absolute atomic E-state index is 14.6. The smallest absolute Gasteiger partial charge is 0.271 e. The normalized spacial score (nSPS) is 13.0. The van der Waals surface area contributed by atoms with Crippen molar-refractivity contribution < 1.29 is 33.9 Å². The molecule has 0 aliphatic rings. The van der Waals surface area contributed by atoms with Gasteiger partial charge in [-0.3, -0.25) is 28.8 Å². The maximum Gasteiger partial charge on any atom is 0.271 e. The second kappa shape index (κ2) is 28.2. The highest BCUT2D eigenvalue weighted by molar-refractivity contribution is 6.31. The number of nitrogens with zero attached hydrogens (tertiary/aromatic N) is 8. The van der Waals surface area contributed by atoms with E-state index in [4.69, 9.17) is 84.8 Å². The lowest BCUT2D eigenvalue weighted by atomic mass is 10.1. The van der Waals surface area contributed by atoms with Gasteiger partial charge in [0.2, 0.25) is 42.7 Å². The molecule has 80 heavy (non-hydrogen) atoms. The van der Waals surface area contributed by atoms with Crippen molar-refractivity contribution in [1.82, 2.24) is 36.6 Å². The summed E-state index contributed by atoms with van der Waals surface area (Å²) in [6.07, 6.45) is -7.00. The van der Waals surface area contributed by atoms with Gasteiger partial charge in [0.05, 0.1) is 11.4 Å². The van der Waals surface area contributed by atoms with E-state index in [0.29, 0.717) is 32.6 Å². The summed E-state index contributed by atoms with van der Waals surface area (Å²) in [6.45, 7) is -0.198. The number of aliphatic hydroxyl groups is 1. The summed E-state index contributed by atoms with van der Waals surface area (Å²) in [5, 5.41) is 24.2. The van der Waals surface area contributed by atoms with E-state index in [1.165, 1.54) is 29.2 Å². The Hall–Kier alpha value is -10.3. The molecule has 6 amide bonds. The Kier molecular flexibility index (Phi) is 21.4. The van der Waals surface area contributed by atoms with Gasteiger partial charge in [0, 0.05) is 47.5 Å². The highest BCUT2D eigenvalue weighted by atomic mass is 35.5. The fraction of sp³-hybridized carbons (Fsp3) is 0.184. The van der Waals surface area contributed by atoms with Crippen molar-refractivity contribution >= 4 is 100 Å². The van der Waals surface area contributed by atoms with Crippen LogP contribution in [0.1, 0.15) is 17.2 Å². The molecular weight excluding hydrogens is 1080 g/mol. The van der Waals surface area contributed by atoms with Crippen LogP contribution in [-0.2, 0) is 28.8 Å². The molecule has 6 unspecified atom stereocenters. The Morgan fingerprint density at radius 1 is 0.550 bits per heavy atom. The number of hydrogen-bond donors (Lipinski definition) is 15. The van der Waals surface area contributed by atoms with Crippen molar-refractivity contribution in [1.29, 1.82) is 0 Å². The SMILES string of the molecule is CN(C)c1ccc(C=CCN(c2nc(-c3ccc(Cl)cc3)cc(-c3ccc(Cl)cc3)n2)C(O)C(=O)NC(C(=O)NC(N=C(N)N)C(=O)NC(N=C(N)N)C(=O)NC(N=C(N)N)C(=O)NC(N=C(N)N)C(N)=O)c2ccccc2)cc1. The third-order valence-corrected chi connectivity index (χ3v) is 11.2. The second-order valence-electron chi connectivity index (χ2n) is 17.0. The molecule has 4 aromatic carbocycles. The van der Waals surface area contributed by atoms with Crippen LogP contribution in [0.3, 0.4) is 0 Å². The predicted octanol–water partition coefficient (Wildman–Crippen LogP) is -2.77. The van der Waals surface area contributed by atoms with Gasteiger partial charge in [0.15, 0.2) is 23.8 Å². The van der Waals surface area contributed by atoms with E-state index in [2.05, 4.69) is 41.2 Å². The van der Waals surface area contributed by atoms with Crippen molar-refractivity contribution in [2.75, 3.05) is 30.4 Å². The number of hydrogen-bond acceptors (Lipinski definition) is 15. The van der Waals surface area contributed by atoms with E-state index >= 15 is 0 Å². The summed E-state index contributed by atoms with van der Waals surface area (Å²) in [6, 6.07) is 28.7. The van der Waals surface area contributed by atoms with Gasteiger partial charge in [-0.05, 0) is 53.6 Å². The van der Waals surface area contributed by atoms with Crippen molar-refractivity contribution in [3.8, 4) is 22.5 Å². The van der Waals surface area contributed by atoms with Crippen molar-refractivity contribution in [3.63, 3.8) is 0 Å². The number of carbonyl (C=O) groups is 6. The standard InChI is InChI=1S/C49H58Cl2N22O7/c1-72(2)30-20-10-24(11-21-30)7-6-22-73(49-61-31(25-12-16-28(50)17-13-25)23-32(62-49)26-14-18-29(51)19-15-26)44(80)43(79)63-33(27-8-4-3-5-9-27)39(75)65-36(69-46(55)56)41(77)67-38(71-48(59)60)42(78)66-37(70-47(57)58)40(76)64-35(34(52)74)68-45(53)54/h3-21,23,33,35-38,44,80H,22H2,1-2H3,(H2,52,74)(H,63,79)(H,64,76)(H,65,75)(H,66,78)(H,67,77)(H4,53,54,68)(H4,55,56,69)(H4,57,58,70)(H4,59,60,71). The first-order valence-electron chi connectivity index (χ1n) is 23.4. The van der Waals surface area contributed by atoms with Crippen molar-refractivity contribution in [3.05, 3.63) is 136 Å². The molecule has 0 saturated carbocycles. The van der Waals surface area contributed by atoms with Crippen LogP contribution in [0.2, 0.25) is 10.0 Å². The highest BCUT2D eigenvalue weighted by Gasteiger charge is 2.35. The van der Waals surface area contributed by atoms with Crippen LogP contribution in [0.4, 0.5) is 11.6 Å². The molecule has 5 rings (SSSR count). The van der Waals surface area contributed by atoms with E-state index in [9.17, 15) is 33.9 Å². The summed E-state index contributed by atoms with van der Waals surface area (Å²) in [4.78, 5) is 109. The van der Waals surface area contributed by atoms with Crippen molar-refractivity contribution in [2.45, 2.75) is 36.9 Å². The Balaban J connectivity index is 1.50. The number of carbonyl (C=O) groups excluding carboxylic acids is 6. The third kappa shape index (κ3) is 17.9. The Morgan fingerprint density at radius 3 is 1.38 bits per heavy atom. The zero-order valence-electron chi connectivity index (χ0n) is 42.6. The number of rotatable bonds is 24. The fourth-order valence-electron chi connectivity index (χ4n) is 6.97. The first-order chi connectivity index (χ1) is 37.9. The van der Waals surface area contributed by atoms with Gasteiger partial charge in [-0.2, -0.15) is 0 Å². The molecule has 0 radical (unpaired) electrons. The molecule has 0 aliphatic heterocycles. The highest BCUT2D eigenvalue weighted by Crippen LogP contribution is 2.29. The summed E-state index contributed by atoms with van der Waals surface area (Å²) in [5.41, 5.74) is 53.2. The molecule has 1 aromatic heterocycles. The first-order valence-corrected chi connectivity index (χ1v) is 24.1. The quantitative estimate of drug-likeness (QED) is 0.0169. The van der Waals surface area contributed by atoms with E-state index in [1.54, 1.807) is 72.8 Å². The van der Waals surface area contributed by atoms with Gasteiger partial charge in [0.25, 0.3) is 29.5 Å². The third-order valence-electron chi connectivity index (χ3n) is 10.7. The summed E-state index contributed by atoms with van der Waals surface area (Å²) < 4.78 is 0. The number of amides is 6. The lowest BCUT2D eigenvalue weighted by Crippen LogP contribution is -2.58. The lowest BCUT2D eigenvalue weighted by Gasteiger charge is -2.29. The average Bonchev–Trinajstić information content (AvgIpc) is 3.42. The monoisotopic (exact) mass is 1140 g/mol. The minimum absolute atomic E-state index is 0.119.